The zero-order valence-electron chi connectivity index (χ0n) is 16.1. The van der Waals surface area contributed by atoms with Gasteiger partial charge in [-0.25, -0.2) is 4.90 Å². The average molecular weight is 404 g/mol. The topological polar surface area (TPSA) is 58.6 Å². The van der Waals surface area contributed by atoms with Gasteiger partial charge in [-0.3, -0.25) is 9.59 Å². The van der Waals surface area contributed by atoms with Crippen LogP contribution in [0, 0.1) is 6.92 Å². The lowest BCUT2D eigenvalue weighted by atomic mass is 10.1. The molecule has 2 aromatic carbocycles. The van der Waals surface area contributed by atoms with E-state index >= 15 is 0 Å². The summed E-state index contributed by atoms with van der Waals surface area (Å²) in [6.07, 6.45) is 0. The molecule has 29 heavy (non-hydrogen) atoms. The number of ether oxygens (including phenoxy) is 1. The van der Waals surface area contributed by atoms with Gasteiger partial charge in [0.15, 0.2) is 0 Å². The third-order valence-electron chi connectivity index (χ3n) is 4.65. The van der Waals surface area contributed by atoms with Crippen LogP contribution in [0.5, 0.6) is 5.75 Å². The van der Waals surface area contributed by atoms with Gasteiger partial charge in [0.2, 0.25) is 0 Å². The smallest absolute Gasteiger partial charge is 0.282 e. The first-order valence-electron chi connectivity index (χ1n) is 9.33. The molecule has 0 radical (unpaired) electrons. The highest BCUT2D eigenvalue weighted by Crippen LogP contribution is 2.37. The van der Waals surface area contributed by atoms with E-state index in [1.165, 1.54) is 16.2 Å². The molecule has 1 aliphatic rings. The average Bonchev–Trinajstić information content (AvgIpc) is 3.32. The Kier molecular flexibility index (Phi) is 5.18. The summed E-state index contributed by atoms with van der Waals surface area (Å²) in [6, 6.07) is 18.5. The maximum absolute atomic E-state index is 13.4. The fraction of sp³-hybridized carbons (Fsp3) is 0.130. The van der Waals surface area contributed by atoms with E-state index in [9.17, 15) is 9.59 Å². The van der Waals surface area contributed by atoms with Crippen LogP contribution in [0.2, 0.25) is 0 Å². The normalized spacial score (nSPS) is 13.9. The molecule has 6 heteroatoms. The zero-order valence-corrected chi connectivity index (χ0v) is 17.0. The molecule has 4 rings (SSSR count). The van der Waals surface area contributed by atoms with Crippen molar-refractivity contribution in [3.8, 4) is 5.75 Å². The molecule has 3 aromatic rings. The van der Waals surface area contributed by atoms with Crippen LogP contribution in [-0.2, 0) is 9.59 Å². The van der Waals surface area contributed by atoms with Crippen LogP contribution < -0.4 is 15.0 Å². The van der Waals surface area contributed by atoms with Crippen molar-refractivity contribution >= 4 is 40.1 Å². The zero-order chi connectivity index (χ0) is 20.4. The first-order chi connectivity index (χ1) is 14.1. The van der Waals surface area contributed by atoms with Crippen molar-refractivity contribution in [3.05, 3.63) is 82.2 Å². The minimum absolute atomic E-state index is 0.257. The molecule has 2 amide bonds. The molecular weight excluding hydrogens is 384 g/mol. The molecule has 0 bridgehead atoms. The molecule has 0 fully saturated rings. The summed E-state index contributed by atoms with van der Waals surface area (Å²) < 4.78 is 5.67. The van der Waals surface area contributed by atoms with E-state index in [0.717, 1.165) is 10.4 Å². The van der Waals surface area contributed by atoms with Crippen molar-refractivity contribution in [1.29, 1.82) is 0 Å². The van der Waals surface area contributed by atoms with Gasteiger partial charge in [0.05, 0.1) is 23.6 Å². The van der Waals surface area contributed by atoms with Crippen LogP contribution in [0.3, 0.4) is 0 Å². The van der Waals surface area contributed by atoms with Crippen LogP contribution >= 0.6 is 11.3 Å². The van der Waals surface area contributed by atoms with Crippen LogP contribution in [0.25, 0.3) is 5.57 Å². The van der Waals surface area contributed by atoms with Crippen molar-refractivity contribution in [2.24, 2.45) is 0 Å². The minimum Gasteiger partial charge on any atom is -0.492 e. The highest BCUT2D eigenvalue weighted by molar-refractivity contribution is 7.11. The van der Waals surface area contributed by atoms with Crippen molar-refractivity contribution in [2.45, 2.75) is 13.8 Å². The predicted octanol–water partition coefficient (Wildman–Crippen LogP) is 4.85. The van der Waals surface area contributed by atoms with Crippen molar-refractivity contribution in [2.75, 3.05) is 16.8 Å². The first-order valence-corrected chi connectivity index (χ1v) is 10.2. The summed E-state index contributed by atoms with van der Waals surface area (Å²) in [5.41, 5.74) is 2.72. The summed E-state index contributed by atoms with van der Waals surface area (Å²) in [5, 5.41) is 5.07. The van der Waals surface area contributed by atoms with Crippen molar-refractivity contribution in [1.82, 2.24) is 0 Å². The third-order valence-corrected chi connectivity index (χ3v) is 5.54. The number of imide groups is 1. The van der Waals surface area contributed by atoms with Gasteiger partial charge in [-0.1, -0.05) is 36.4 Å². The molecule has 2 heterocycles. The summed E-state index contributed by atoms with van der Waals surface area (Å²) in [6.45, 7) is 4.28. The number of nitrogens with one attached hydrogen (secondary N) is 1. The largest absolute Gasteiger partial charge is 0.492 e. The summed E-state index contributed by atoms with van der Waals surface area (Å²) in [5.74, 6) is -0.0789. The SMILES string of the molecule is CCOc1ccccc1NC1=C(c2cccs2)C(=O)N(c2ccccc2C)C1=O. The molecule has 1 aliphatic heterocycles. The van der Waals surface area contributed by atoms with E-state index < -0.39 is 0 Å². The van der Waals surface area contributed by atoms with Gasteiger partial charge in [0, 0.05) is 4.88 Å². The number of hydrogen-bond acceptors (Lipinski definition) is 5. The van der Waals surface area contributed by atoms with Gasteiger partial charge in [-0.2, -0.15) is 0 Å². The summed E-state index contributed by atoms with van der Waals surface area (Å²) in [4.78, 5) is 28.7. The standard InChI is InChI=1S/C23H20N2O3S/c1-3-28-18-12-7-5-10-16(18)24-21-20(19-13-8-14-29-19)22(26)25(23(21)27)17-11-6-4-9-15(17)2/h4-14,24H,3H2,1-2H3. The Bertz CT molecular complexity index is 1100. The Labute approximate surface area is 173 Å². The second kappa shape index (κ2) is 7.93. The lowest BCUT2D eigenvalue weighted by molar-refractivity contribution is -0.120. The van der Waals surface area contributed by atoms with Gasteiger partial charge in [-0.05, 0) is 49.1 Å². The number of carbonyl (C=O) groups is 2. The first kappa shape index (κ1) is 19.0. The molecule has 0 spiro atoms. The summed E-state index contributed by atoms with van der Waals surface area (Å²) in [7, 11) is 0. The second-order valence-electron chi connectivity index (χ2n) is 6.51. The third kappa shape index (κ3) is 3.43. The molecule has 1 aromatic heterocycles. The van der Waals surface area contributed by atoms with E-state index in [1.54, 1.807) is 6.07 Å². The van der Waals surface area contributed by atoms with Crippen LogP contribution in [0.4, 0.5) is 11.4 Å². The fourth-order valence-corrected chi connectivity index (χ4v) is 4.08. The van der Waals surface area contributed by atoms with E-state index in [-0.39, 0.29) is 17.5 Å². The van der Waals surface area contributed by atoms with Gasteiger partial charge in [-0.15, -0.1) is 11.3 Å². The Hall–Kier alpha value is -3.38. The Morgan fingerprint density at radius 3 is 2.45 bits per heavy atom. The molecule has 0 aliphatic carbocycles. The van der Waals surface area contributed by atoms with E-state index in [1.807, 2.05) is 73.8 Å². The van der Waals surface area contributed by atoms with Crippen LogP contribution in [0.15, 0.2) is 71.7 Å². The number of anilines is 2. The van der Waals surface area contributed by atoms with E-state index in [0.29, 0.717) is 29.3 Å². The van der Waals surface area contributed by atoms with Gasteiger partial charge in [0.1, 0.15) is 11.4 Å². The molecule has 0 saturated carbocycles. The molecular formula is C23H20N2O3S. The maximum Gasteiger partial charge on any atom is 0.282 e. The van der Waals surface area contributed by atoms with Crippen molar-refractivity contribution < 1.29 is 14.3 Å². The number of carbonyl (C=O) groups excluding carboxylic acids is 2. The molecule has 0 saturated heterocycles. The summed E-state index contributed by atoms with van der Waals surface area (Å²) >= 11 is 1.43. The van der Waals surface area contributed by atoms with E-state index in [2.05, 4.69) is 5.32 Å². The Balaban J connectivity index is 1.82. The van der Waals surface area contributed by atoms with Gasteiger partial charge < -0.3 is 10.1 Å². The number of thiophene rings is 1. The molecule has 5 nitrogen and oxygen atoms in total. The lowest BCUT2D eigenvalue weighted by Gasteiger charge is -2.18. The number of nitrogens with zero attached hydrogens (tertiary/aromatic N) is 1. The van der Waals surface area contributed by atoms with Gasteiger partial charge >= 0.3 is 0 Å². The number of aryl methyl sites for hydroxylation is 1. The number of benzene rings is 2. The number of amides is 2. The van der Waals surface area contributed by atoms with Crippen molar-refractivity contribution in [3.63, 3.8) is 0 Å². The highest BCUT2D eigenvalue weighted by Gasteiger charge is 2.41. The predicted molar refractivity (Wildman–Crippen MR) is 116 cm³/mol. The Morgan fingerprint density at radius 2 is 1.72 bits per heavy atom. The fourth-order valence-electron chi connectivity index (χ4n) is 3.31. The highest BCUT2D eigenvalue weighted by atomic mass is 32.1. The molecule has 146 valence electrons. The van der Waals surface area contributed by atoms with Crippen LogP contribution in [0.1, 0.15) is 17.4 Å². The quantitative estimate of drug-likeness (QED) is 0.597. The molecule has 0 unspecified atom stereocenters. The number of hydrogen-bond donors (Lipinski definition) is 1. The van der Waals surface area contributed by atoms with Crippen LogP contribution in [-0.4, -0.2) is 18.4 Å². The Morgan fingerprint density at radius 1 is 0.966 bits per heavy atom. The molecule has 0 atom stereocenters. The van der Waals surface area contributed by atoms with Gasteiger partial charge in [0.25, 0.3) is 11.8 Å². The minimum atomic E-state index is -0.376. The second-order valence-corrected chi connectivity index (χ2v) is 7.46. The monoisotopic (exact) mass is 404 g/mol. The maximum atomic E-state index is 13.4. The van der Waals surface area contributed by atoms with E-state index in [4.69, 9.17) is 4.74 Å². The number of para-hydroxylation sites is 3. The lowest BCUT2D eigenvalue weighted by Crippen LogP contribution is -2.32. The number of rotatable bonds is 6. The molecule has 1 N–H and O–H groups in total.